The molecule has 1 heterocycles. The van der Waals surface area contributed by atoms with E-state index in [1.165, 1.54) is 19.2 Å². The van der Waals surface area contributed by atoms with Gasteiger partial charge in [-0.05, 0) is 11.6 Å². The van der Waals surface area contributed by atoms with Crippen molar-refractivity contribution in [1.29, 1.82) is 0 Å². The maximum Gasteiger partial charge on any atom is 0.273 e. The van der Waals surface area contributed by atoms with Gasteiger partial charge in [0, 0.05) is 18.7 Å². The summed E-state index contributed by atoms with van der Waals surface area (Å²) in [5.41, 5.74) is 0.779. The quantitative estimate of drug-likeness (QED) is 0.632. The second kappa shape index (κ2) is 5.96. The minimum absolute atomic E-state index is 0.0100. The molecule has 0 saturated heterocycles. The lowest BCUT2D eigenvalue weighted by molar-refractivity contribution is -0.385. The van der Waals surface area contributed by atoms with E-state index in [1.54, 1.807) is 18.3 Å². The normalized spacial score (nSPS) is 10.4. The molecule has 0 unspecified atom stereocenters. The topological polar surface area (TPSA) is 90.4 Å². The maximum absolute atomic E-state index is 10.8. The summed E-state index contributed by atoms with van der Waals surface area (Å²) >= 11 is 0. The van der Waals surface area contributed by atoms with E-state index in [1.807, 2.05) is 0 Å². The van der Waals surface area contributed by atoms with Crippen molar-refractivity contribution >= 4 is 5.69 Å². The van der Waals surface area contributed by atoms with Crippen molar-refractivity contribution in [3.05, 3.63) is 51.9 Å². The number of methoxy groups -OCH3 is 1. The predicted molar refractivity (Wildman–Crippen MR) is 66.7 cm³/mol. The summed E-state index contributed by atoms with van der Waals surface area (Å²) in [6, 6.07) is 6.40. The van der Waals surface area contributed by atoms with Gasteiger partial charge >= 0.3 is 0 Å². The second-order valence-corrected chi connectivity index (χ2v) is 3.88. The summed E-state index contributed by atoms with van der Waals surface area (Å²) < 4.78 is 9.97. The van der Waals surface area contributed by atoms with Crippen LogP contribution < -0.4 is 10.1 Å². The van der Waals surface area contributed by atoms with Crippen LogP contribution in [0, 0.1) is 10.1 Å². The van der Waals surface area contributed by atoms with E-state index in [0.717, 1.165) is 5.56 Å². The van der Waals surface area contributed by atoms with E-state index in [9.17, 15) is 10.1 Å². The molecule has 7 heteroatoms. The lowest BCUT2D eigenvalue weighted by atomic mass is 10.2. The Morgan fingerprint density at radius 2 is 2.26 bits per heavy atom. The van der Waals surface area contributed by atoms with Crippen LogP contribution in [-0.2, 0) is 13.1 Å². The molecule has 1 aromatic heterocycles. The van der Waals surface area contributed by atoms with Crippen molar-refractivity contribution in [3.8, 4) is 5.75 Å². The van der Waals surface area contributed by atoms with E-state index < -0.39 is 4.92 Å². The van der Waals surface area contributed by atoms with Gasteiger partial charge in [0.05, 0.1) is 30.8 Å². The van der Waals surface area contributed by atoms with Gasteiger partial charge in [0.1, 0.15) is 11.5 Å². The fourth-order valence-electron chi connectivity index (χ4n) is 1.63. The molecule has 2 rings (SSSR count). The highest BCUT2D eigenvalue weighted by Crippen LogP contribution is 2.22. The van der Waals surface area contributed by atoms with Crippen molar-refractivity contribution in [2.75, 3.05) is 7.11 Å². The SMILES string of the molecule is COc1cc(CNCc2ccno2)cc([N+](=O)[O-])c1. The summed E-state index contributed by atoms with van der Waals surface area (Å²) in [4.78, 5) is 10.3. The fourth-order valence-corrected chi connectivity index (χ4v) is 1.63. The van der Waals surface area contributed by atoms with E-state index in [-0.39, 0.29) is 5.69 Å². The monoisotopic (exact) mass is 263 g/mol. The number of rotatable bonds is 6. The Labute approximate surface area is 109 Å². The highest BCUT2D eigenvalue weighted by molar-refractivity contribution is 5.42. The Morgan fingerprint density at radius 1 is 1.42 bits per heavy atom. The lowest BCUT2D eigenvalue weighted by Crippen LogP contribution is -2.12. The van der Waals surface area contributed by atoms with Crippen LogP contribution in [0.3, 0.4) is 0 Å². The summed E-state index contributed by atoms with van der Waals surface area (Å²) in [5, 5.41) is 17.5. The number of non-ortho nitro benzene ring substituents is 1. The van der Waals surface area contributed by atoms with Crippen molar-refractivity contribution in [2.45, 2.75) is 13.1 Å². The molecule has 1 N–H and O–H groups in total. The first-order valence-electron chi connectivity index (χ1n) is 5.61. The maximum atomic E-state index is 10.8. The number of hydrogen-bond donors (Lipinski definition) is 1. The Kier molecular flexibility index (Phi) is 4.09. The van der Waals surface area contributed by atoms with Crippen LogP contribution in [0.5, 0.6) is 5.75 Å². The number of aromatic nitrogens is 1. The zero-order valence-corrected chi connectivity index (χ0v) is 10.3. The number of nitrogens with zero attached hydrogens (tertiary/aromatic N) is 2. The molecule has 0 aliphatic carbocycles. The Hall–Kier alpha value is -2.41. The van der Waals surface area contributed by atoms with Crippen LogP contribution in [0.15, 0.2) is 35.0 Å². The average Bonchev–Trinajstić information content (AvgIpc) is 2.91. The molecule has 0 fully saturated rings. The van der Waals surface area contributed by atoms with Crippen LogP contribution in [-0.4, -0.2) is 17.2 Å². The third kappa shape index (κ3) is 3.52. The highest BCUT2D eigenvalue weighted by atomic mass is 16.6. The standard InChI is InChI=1S/C12H13N3O4/c1-18-12-5-9(4-10(6-12)15(16)17)7-13-8-11-2-3-14-19-11/h2-6,13H,7-8H2,1H3. The van der Waals surface area contributed by atoms with Gasteiger partial charge in [0.15, 0.2) is 0 Å². The van der Waals surface area contributed by atoms with Gasteiger partial charge in [-0.15, -0.1) is 0 Å². The number of ether oxygens (including phenoxy) is 1. The first-order chi connectivity index (χ1) is 9.19. The molecule has 7 nitrogen and oxygen atoms in total. The minimum atomic E-state index is -0.442. The smallest absolute Gasteiger partial charge is 0.273 e. The largest absolute Gasteiger partial charge is 0.496 e. The molecule has 19 heavy (non-hydrogen) atoms. The second-order valence-electron chi connectivity index (χ2n) is 3.88. The molecule has 2 aromatic rings. The lowest BCUT2D eigenvalue weighted by Gasteiger charge is -2.06. The molecule has 0 bridgehead atoms. The van der Waals surface area contributed by atoms with Crippen molar-refractivity contribution in [2.24, 2.45) is 0 Å². The zero-order valence-electron chi connectivity index (χ0n) is 10.3. The molecule has 0 amide bonds. The summed E-state index contributed by atoms with van der Waals surface area (Å²) in [6.07, 6.45) is 1.56. The van der Waals surface area contributed by atoms with Crippen molar-refractivity contribution < 1.29 is 14.2 Å². The average molecular weight is 263 g/mol. The Bertz CT molecular complexity index is 554. The Balaban J connectivity index is 2.02. The fraction of sp³-hybridized carbons (Fsp3) is 0.250. The third-order valence-corrected chi connectivity index (χ3v) is 2.52. The Morgan fingerprint density at radius 3 is 2.89 bits per heavy atom. The molecular formula is C12H13N3O4. The van der Waals surface area contributed by atoms with Gasteiger partial charge in [0.2, 0.25) is 0 Å². The van der Waals surface area contributed by atoms with Gasteiger partial charge < -0.3 is 14.6 Å². The van der Waals surface area contributed by atoms with Gasteiger partial charge in [-0.25, -0.2) is 0 Å². The molecule has 0 radical (unpaired) electrons. The number of nitro groups is 1. The highest BCUT2D eigenvalue weighted by Gasteiger charge is 2.10. The van der Waals surface area contributed by atoms with Gasteiger partial charge in [-0.1, -0.05) is 5.16 Å². The predicted octanol–water partition coefficient (Wildman–Crippen LogP) is 1.88. The summed E-state index contributed by atoms with van der Waals surface area (Å²) in [7, 11) is 1.48. The van der Waals surface area contributed by atoms with E-state index in [0.29, 0.717) is 24.6 Å². The molecule has 0 atom stereocenters. The zero-order chi connectivity index (χ0) is 13.7. The number of nitrogens with one attached hydrogen (secondary N) is 1. The van der Waals surface area contributed by atoms with Gasteiger partial charge in [-0.3, -0.25) is 10.1 Å². The summed E-state index contributed by atoms with van der Waals surface area (Å²) in [5.74, 6) is 1.17. The van der Waals surface area contributed by atoms with E-state index in [2.05, 4.69) is 10.5 Å². The van der Waals surface area contributed by atoms with Crippen molar-refractivity contribution in [1.82, 2.24) is 10.5 Å². The minimum Gasteiger partial charge on any atom is -0.496 e. The molecule has 0 aliphatic rings. The van der Waals surface area contributed by atoms with Crippen LogP contribution in [0.4, 0.5) is 5.69 Å². The van der Waals surface area contributed by atoms with E-state index >= 15 is 0 Å². The number of hydrogen-bond acceptors (Lipinski definition) is 6. The van der Waals surface area contributed by atoms with Crippen LogP contribution in [0.1, 0.15) is 11.3 Å². The molecule has 1 aromatic carbocycles. The van der Waals surface area contributed by atoms with Gasteiger partial charge in [0.25, 0.3) is 5.69 Å². The number of benzene rings is 1. The first kappa shape index (κ1) is 13.0. The molecule has 100 valence electrons. The van der Waals surface area contributed by atoms with Crippen LogP contribution in [0.25, 0.3) is 0 Å². The van der Waals surface area contributed by atoms with Crippen molar-refractivity contribution in [3.63, 3.8) is 0 Å². The number of nitro benzene ring substituents is 1. The third-order valence-electron chi connectivity index (χ3n) is 2.52. The van der Waals surface area contributed by atoms with Crippen LogP contribution in [0.2, 0.25) is 0 Å². The molecule has 0 aliphatic heterocycles. The van der Waals surface area contributed by atoms with Crippen LogP contribution >= 0.6 is 0 Å². The first-order valence-corrected chi connectivity index (χ1v) is 5.61. The van der Waals surface area contributed by atoms with E-state index in [4.69, 9.17) is 9.26 Å². The molecule has 0 spiro atoms. The van der Waals surface area contributed by atoms with Gasteiger partial charge in [-0.2, -0.15) is 0 Å². The molecular weight excluding hydrogens is 250 g/mol. The summed E-state index contributed by atoms with van der Waals surface area (Å²) in [6.45, 7) is 0.976. The molecule has 0 saturated carbocycles.